The van der Waals surface area contributed by atoms with Gasteiger partial charge in [0, 0.05) is 0 Å². The first kappa shape index (κ1) is 9.66. The van der Waals surface area contributed by atoms with Gasteiger partial charge in [-0.25, -0.2) is 0 Å². The van der Waals surface area contributed by atoms with Crippen molar-refractivity contribution in [2.75, 3.05) is 18.5 Å². The van der Waals surface area contributed by atoms with E-state index in [0.29, 0.717) is 7.92 Å². The lowest BCUT2D eigenvalue weighted by Gasteiger charge is -2.54. The van der Waals surface area contributed by atoms with Gasteiger partial charge in [-0.3, -0.25) is 0 Å². The molecule has 1 heteroatoms. The second kappa shape index (κ2) is 3.57. The Morgan fingerprint density at radius 3 is 2.19 bits per heavy atom. The smallest absolute Gasteiger partial charge is 0.00983 e. The zero-order chi connectivity index (χ0) is 10.5. The van der Waals surface area contributed by atoms with Gasteiger partial charge in [-0.2, -0.15) is 0 Å². The fraction of sp³-hybridized carbons (Fsp3) is 0.600. The summed E-state index contributed by atoms with van der Waals surface area (Å²) in [6.07, 6.45) is 7.93. The molecule has 0 N–H and O–H groups in total. The molecule has 0 amide bonds. The Bertz CT molecular complexity index is 356. The van der Waals surface area contributed by atoms with Crippen LogP contribution >= 0.6 is 7.92 Å². The van der Waals surface area contributed by atoms with Crippen molar-refractivity contribution in [2.24, 2.45) is 17.8 Å². The fourth-order valence-corrected chi connectivity index (χ4v) is 8.18. The topological polar surface area (TPSA) is 0 Å². The van der Waals surface area contributed by atoms with Crippen molar-refractivity contribution >= 4 is 7.92 Å². The third kappa shape index (κ3) is 1.39. The van der Waals surface area contributed by atoms with Gasteiger partial charge in [-0.1, -0.05) is 30.3 Å². The summed E-state index contributed by atoms with van der Waals surface area (Å²) >= 11 is 0. The van der Waals surface area contributed by atoms with Crippen LogP contribution in [0.5, 0.6) is 0 Å². The molecule has 0 nitrogen and oxygen atoms in total. The normalized spacial score (nSPS) is 44.9. The molecule has 16 heavy (non-hydrogen) atoms. The molecule has 0 radical (unpaired) electrons. The molecular weight excluding hydrogens is 211 g/mol. The zero-order valence-corrected chi connectivity index (χ0v) is 10.6. The standard InChI is InChI=1S/C15H19P/c1-2-4-12(5-3-1)15-13-6-11-7-14(15)10-16(8-11)9-13/h1-5,11,13-15H,6-10H2. The molecule has 3 aliphatic heterocycles. The molecule has 1 aromatic rings. The SMILES string of the molecule is c1ccc(C2C3CC4CC2CP(C4)C3)cc1. The molecule has 1 aliphatic carbocycles. The summed E-state index contributed by atoms with van der Waals surface area (Å²) in [4.78, 5) is 0. The first-order chi connectivity index (χ1) is 7.90. The second-order valence-electron chi connectivity index (χ2n) is 6.01. The highest BCUT2D eigenvalue weighted by atomic mass is 31.1. The predicted octanol–water partition coefficient (Wildman–Crippen LogP) is 3.92. The zero-order valence-electron chi connectivity index (χ0n) is 9.68. The van der Waals surface area contributed by atoms with Crippen molar-refractivity contribution in [3.63, 3.8) is 0 Å². The Labute approximate surface area is 99.2 Å². The van der Waals surface area contributed by atoms with E-state index >= 15 is 0 Å². The lowest BCUT2D eigenvalue weighted by molar-refractivity contribution is 0.174. The number of hydrogen-bond donors (Lipinski definition) is 0. The molecular formula is C15H19P. The quantitative estimate of drug-likeness (QED) is 0.641. The summed E-state index contributed by atoms with van der Waals surface area (Å²) in [6, 6.07) is 11.4. The van der Waals surface area contributed by atoms with Crippen LogP contribution in [0, 0.1) is 17.8 Å². The highest BCUT2D eigenvalue weighted by Crippen LogP contribution is 2.64. The molecule has 0 aromatic heterocycles. The van der Waals surface area contributed by atoms with Gasteiger partial charge in [0.25, 0.3) is 0 Å². The van der Waals surface area contributed by atoms with Crippen LogP contribution < -0.4 is 0 Å². The van der Waals surface area contributed by atoms with E-state index in [0.717, 1.165) is 23.7 Å². The van der Waals surface area contributed by atoms with Crippen molar-refractivity contribution in [3.05, 3.63) is 35.9 Å². The van der Waals surface area contributed by atoms with Gasteiger partial charge in [0.05, 0.1) is 0 Å². The Morgan fingerprint density at radius 2 is 1.56 bits per heavy atom. The van der Waals surface area contributed by atoms with Gasteiger partial charge < -0.3 is 0 Å². The number of hydrogen-bond acceptors (Lipinski definition) is 0. The van der Waals surface area contributed by atoms with Gasteiger partial charge in [-0.05, 0) is 60.6 Å². The molecule has 4 aliphatic rings. The molecule has 2 unspecified atom stereocenters. The number of benzene rings is 1. The summed E-state index contributed by atoms with van der Waals surface area (Å²) < 4.78 is 0. The lowest BCUT2D eigenvalue weighted by atomic mass is 9.66. The van der Waals surface area contributed by atoms with Crippen molar-refractivity contribution < 1.29 is 0 Å². The van der Waals surface area contributed by atoms with E-state index in [4.69, 9.17) is 0 Å². The highest BCUT2D eigenvalue weighted by molar-refractivity contribution is 7.57. The fourth-order valence-electron chi connectivity index (χ4n) is 4.63. The maximum absolute atomic E-state index is 2.38. The van der Waals surface area contributed by atoms with Crippen LogP contribution in [0.3, 0.4) is 0 Å². The predicted molar refractivity (Wildman–Crippen MR) is 70.4 cm³/mol. The monoisotopic (exact) mass is 230 g/mol. The van der Waals surface area contributed by atoms with Gasteiger partial charge >= 0.3 is 0 Å². The van der Waals surface area contributed by atoms with E-state index in [1.165, 1.54) is 0 Å². The minimum atomic E-state index is 0.471. The van der Waals surface area contributed by atoms with E-state index in [1.807, 2.05) is 0 Å². The largest absolute Gasteiger partial charge is 0.106 e. The van der Waals surface area contributed by atoms with Crippen LogP contribution in [0.15, 0.2) is 30.3 Å². The summed E-state index contributed by atoms with van der Waals surface area (Å²) in [7, 11) is 0.471. The molecule has 4 fully saturated rings. The van der Waals surface area contributed by atoms with E-state index in [9.17, 15) is 0 Å². The van der Waals surface area contributed by atoms with Gasteiger partial charge in [0.1, 0.15) is 0 Å². The van der Waals surface area contributed by atoms with E-state index in [-0.39, 0.29) is 0 Å². The molecule has 3 saturated heterocycles. The molecule has 1 aromatic carbocycles. The Kier molecular flexibility index (Phi) is 2.15. The summed E-state index contributed by atoms with van der Waals surface area (Å²) in [5, 5.41) is 0. The van der Waals surface area contributed by atoms with Crippen molar-refractivity contribution in [1.82, 2.24) is 0 Å². The van der Waals surface area contributed by atoms with Gasteiger partial charge in [0.2, 0.25) is 0 Å². The first-order valence-electron chi connectivity index (χ1n) is 6.67. The molecule has 2 atom stereocenters. The summed E-state index contributed by atoms with van der Waals surface area (Å²) in [5.74, 6) is 4.17. The second-order valence-corrected chi connectivity index (χ2v) is 8.45. The Morgan fingerprint density at radius 1 is 0.875 bits per heavy atom. The average Bonchev–Trinajstić information content (AvgIpc) is 2.29. The average molecular weight is 230 g/mol. The van der Waals surface area contributed by atoms with E-state index in [1.54, 1.807) is 36.9 Å². The van der Waals surface area contributed by atoms with Crippen LogP contribution in [0.1, 0.15) is 24.3 Å². The highest BCUT2D eigenvalue weighted by Gasteiger charge is 2.48. The van der Waals surface area contributed by atoms with Crippen LogP contribution in [0.25, 0.3) is 0 Å². The third-order valence-electron chi connectivity index (χ3n) is 4.97. The van der Waals surface area contributed by atoms with Gasteiger partial charge in [0.15, 0.2) is 0 Å². The molecule has 0 spiro atoms. The molecule has 4 bridgehead atoms. The molecule has 84 valence electrons. The summed E-state index contributed by atoms with van der Waals surface area (Å²) in [6.45, 7) is 0. The molecule has 5 rings (SSSR count). The van der Waals surface area contributed by atoms with Crippen molar-refractivity contribution in [1.29, 1.82) is 0 Å². The van der Waals surface area contributed by atoms with Crippen LogP contribution in [0.2, 0.25) is 0 Å². The number of rotatable bonds is 1. The van der Waals surface area contributed by atoms with Crippen LogP contribution in [0.4, 0.5) is 0 Å². The van der Waals surface area contributed by atoms with Crippen LogP contribution in [-0.4, -0.2) is 18.5 Å². The lowest BCUT2D eigenvalue weighted by Crippen LogP contribution is -2.44. The Hall–Kier alpha value is -0.350. The molecule has 3 heterocycles. The summed E-state index contributed by atoms with van der Waals surface area (Å²) in [5.41, 5.74) is 1.65. The minimum absolute atomic E-state index is 0.471. The van der Waals surface area contributed by atoms with E-state index in [2.05, 4.69) is 30.3 Å². The Balaban J connectivity index is 1.70. The van der Waals surface area contributed by atoms with Crippen molar-refractivity contribution in [2.45, 2.75) is 18.8 Å². The van der Waals surface area contributed by atoms with Crippen molar-refractivity contribution in [3.8, 4) is 0 Å². The van der Waals surface area contributed by atoms with E-state index < -0.39 is 0 Å². The van der Waals surface area contributed by atoms with Crippen LogP contribution in [-0.2, 0) is 0 Å². The third-order valence-corrected chi connectivity index (χ3v) is 7.98. The maximum atomic E-state index is 2.38. The first-order valence-corrected chi connectivity index (χ1v) is 8.57. The molecule has 1 saturated carbocycles. The van der Waals surface area contributed by atoms with Gasteiger partial charge in [-0.15, -0.1) is 7.92 Å². The maximum Gasteiger partial charge on any atom is -0.00983 e. The minimum Gasteiger partial charge on any atom is -0.106 e.